The highest BCUT2D eigenvalue weighted by Crippen LogP contribution is 2.17. The zero-order valence-corrected chi connectivity index (χ0v) is 13.8. The number of methoxy groups -OCH3 is 1. The summed E-state index contributed by atoms with van der Waals surface area (Å²) in [6.45, 7) is 0.593. The zero-order chi connectivity index (χ0) is 16.5. The number of carbonyl (C=O) groups is 2. The molecular formula is C15H26N4O3. The maximum Gasteiger partial charge on any atom is 0.416 e. The molecule has 0 saturated heterocycles. The molecule has 1 aliphatic rings. The van der Waals surface area contributed by atoms with Crippen LogP contribution in [0.2, 0.25) is 0 Å². The molecule has 22 heavy (non-hydrogen) atoms. The summed E-state index contributed by atoms with van der Waals surface area (Å²) in [6.07, 6.45) is 8.12. The maximum atomic E-state index is 12.0. The lowest BCUT2D eigenvalue weighted by Crippen LogP contribution is -2.43. The third-order valence-corrected chi connectivity index (χ3v) is 3.51. The van der Waals surface area contributed by atoms with Crippen LogP contribution >= 0.6 is 0 Å². The summed E-state index contributed by atoms with van der Waals surface area (Å²) < 4.78 is 4.63. The topological polar surface area (TPSA) is 74.2 Å². The van der Waals surface area contributed by atoms with Crippen molar-refractivity contribution in [3.63, 3.8) is 0 Å². The summed E-state index contributed by atoms with van der Waals surface area (Å²) in [5.41, 5.74) is 0. The largest absolute Gasteiger partial charge is 0.452 e. The summed E-state index contributed by atoms with van der Waals surface area (Å²) in [4.78, 5) is 30.2. The Kier molecular flexibility index (Phi) is 7.42. The Balaban J connectivity index is 2.60. The van der Waals surface area contributed by atoms with E-state index < -0.39 is 12.1 Å². The lowest BCUT2D eigenvalue weighted by molar-refractivity contribution is 0.149. The van der Waals surface area contributed by atoms with Crippen LogP contribution in [-0.2, 0) is 4.74 Å². The van der Waals surface area contributed by atoms with Crippen LogP contribution in [0.5, 0.6) is 0 Å². The van der Waals surface area contributed by atoms with Crippen LogP contribution in [-0.4, -0.2) is 62.7 Å². The molecule has 1 rings (SSSR count). The molecule has 0 aliphatic heterocycles. The fourth-order valence-electron chi connectivity index (χ4n) is 2.29. The molecule has 0 spiro atoms. The summed E-state index contributed by atoms with van der Waals surface area (Å²) in [5, 5.41) is 2.81. The predicted molar refractivity (Wildman–Crippen MR) is 85.8 cm³/mol. The first-order chi connectivity index (χ1) is 10.5. The lowest BCUT2D eigenvalue weighted by Gasteiger charge is -2.23. The average Bonchev–Trinajstić information content (AvgIpc) is 2.77. The third-order valence-electron chi connectivity index (χ3n) is 3.51. The summed E-state index contributed by atoms with van der Waals surface area (Å²) in [6, 6.07) is -0.451. The van der Waals surface area contributed by atoms with Crippen molar-refractivity contribution < 1.29 is 14.3 Å². The van der Waals surface area contributed by atoms with E-state index in [2.05, 4.69) is 27.2 Å². The number of hydrogen-bond acceptors (Lipinski definition) is 3. The Morgan fingerprint density at radius 3 is 2.68 bits per heavy atom. The van der Waals surface area contributed by atoms with E-state index in [1.165, 1.54) is 19.1 Å². The molecule has 1 aliphatic carbocycles. The highest BCUT2D eigenvalue weighted by Gasteiger charge is 2.19. The van der Waals surface area contributed by atoms with Gasteiger partial charge in [0.05, 0.1) is 7.11 Å². The minimum atomic E-state index is -0.575. The first kappa shape index (κ1) is 18.0. The molecule has 0 heterocycles. The highest BCUT2D eigenvalue weighted by molar-refractivity contribution is 5.99. The normalized spacial score (nSPS) is 18.4. The van der Waals surface area contributed by atoms with E-state index in [1.807, 2.05) is 0 Å². The number of rotatable bonds is 2. The van der Waals surface area contributed by atoms with Crippen LogP contribution in [0.25, 0.3) is 0 Å². The van der Waals surface area contributed by atoms with E-state index in [4.69, 9.17) is 0 Å². The van der Waals surface area contributed by atoms with Crippen molar-refractivity contribution in [1.29, 1.82) is 0 Å². The number of urea groups is 1. The monoisotopic (exact) mass is 310 g/mol. The van der Waals surface area contributed by atoms with Crippen molar-refractivity contribution in [2.75, 3.05) is 34.8 Å². The van der Waals surface area contributed by atoms with E-state index in [0.717, 1.165) is 25.7 Å². The fourth-order valence-corrected chi connectivity index (χ4v) is 2.29. The van der Waals surface area contributed by atoms with Gasteiger partial charge in [-0.05, 0) is 31.6 Å². The van der Waals surface area contributed by atoms with E-state index in [-0.39, 0.29) is 5.96 Å². The zero-order valence-electron chi connectivity index (χ0n) is 13.8. The Hall–Kier alpha value is -2.05. The van der Waals surface area contributed by atoms with Gasteiger partial charge in [-0.1, -0.05) is 12.2 Å². The van der Waals surface area contributed by atoms with Gasteiger partial charge < -0.3 is 15.0 Å². The van der Waals surface area contributed by atoms with Crippen molar-refractivity contribution >= 4 is 18.1 Å². The summed E-state index contributed by atoms with van der Waals surface area (Å²) in [5.74, 6) is 0.671. The molecule has 1 unspecified atom stereocenters. The first-order valence-corrected chi connectivity index (χ1v) is 7.46. The molecule has 0 fully saturated rings. The molecule has 0 aromatic heterocycles. The Morgan fingerprint density at radius 1 is 1.32 bits per heavy atom. The van der Waals surface area contributed by atoms with Crippen LogP contribution in [0.4, 0.5) is 9.59 Å². The maximum absolute atomic E-state index is 12.0. The molecule has 1 N–H and O–H groups in total. The average molecular weight is 310 g/mol. The second-order valence-corrected chi connectivity index (χ2v) is 5.53. The second kappa shape index (κ2) is 9.07. The van der Waals surface area contributed by atoms with Crippen molar-refractivity contribution in [1.82, 2.24) is 15.1 Å². The van der Waals surface area contributed by atoms with Gasteiger partial charge in [-0.15, -0.1) is 0 Å². The van der Waals surface area contributed by atoms with Gasteiger partial charge in [0.1, 0.15) is 0 Å². The number of nitrogens with one attached hydrogen (secondary N) is 1. The van der Waals surface area contributed by atoms with Gasteiger partial charge in [0.25, 0.3) is 0 Å². The van der Waals surface area contributed by atoms with Crippen LogP contribution in [0, 0.1) is 5.92 Å². The molecule has 0 bridgehead atoms. The van der Waals surface area contributed by atoms with Gasteiger partial charge in [-0.3, -0.25) is 4.90 Å². The standard InChI is InChI=1S/C15H26N4O3/c1-18(2)14(19(3)15(21)22-4)17-13(20)16-11-12-9-7-5-6-8-10-12/h5,7,12H,6,8-11H2,1-4H3,(H,16,20)/b17-14+. The van der Waals surface area contributed by atoms with Gasteiger partial charge in [0.2, 0.25) is 5.96 Å². The molecule has 0 aromatic rings. The minimum Gasteiger partial charge on any atom is -0.452 e. The number of amides is 3. The van der Waals surface area contributed by atoms with Gasteiger partial charge in [-0.2, -0.15) is 4.99 Å². The molecule has 1 atom stereocenters. The molecule has 7 nitrogen and oxygen atoms in total. The Morgan fingerprint density at radius 2 is 2.05 bits per heavy atom. The van der Waals surface area contributed by atoms with Crippen LogP contribution in [0.1, 0.15) is 25.7 Å². The van der Waals surface area contributed by atoms with Crippen molar-refractivity contribution in [2.24, 2.45) is 10.9 Å². The predicted octanol–water partition coefficient (Wildman–Crippen LogP) is 2.06. The SMILES string of the molecule is COC(=O)N(C)/C(=N/C(=O)NCC1CC=CCCC1)N(C)C. The molecule has 0 aromatic carbocycles. The van der Waals surface area contributed by atoms with Crippen molar-refractivity contribution in [3.8, 4) is 0 Å². The molecule has 7 heteroatoms. The number of carbonyl (C=O) groups excluding carboxylic acids is 2. The molecule has 0 radical (unpaired) electrons. The van der Waals surface area contributed by atoms with Crippen LogP contribution in [0.3, 0.4) is 0 Å². The first-order valence-electron chi connectivity index (χ1n) is 7.46. The highest BCUT2D eigenvalue weighted by atomic mass is 16.5. The van der Waals surface area contributed by atoms with E-state index in [0.29, 0.717) is 12.5 Å². The van der Waals surface area contributed by atoms with Crippen LogP contribution < -0.4 is 5.32 Å². The smallest absolute Gasteiger partial charge is 0.416 e. The van der Waals surface area contributed by atoms with Gasteiger partial charge in [-0.25, -0.2) is 9.59 Å². The summed E-state index contributed by atoms with van der Waals surface area (Å²) in [7, 11) is 6.21. The van der Waals surface area contributed by atoms with E-state index in [9.17, 15) is 9.59 Å². The van der Waals surface area contributed by atoms with Gasteiger partial charge >= 0.3 is 12.1 Å². The van der Waals surface area contributed by atoms with Crippen LogP contribution in [0.15, 0.2) is 17.1 Å². The number of nitrogens with zero attached hydrogens (tertiary/aromatic N) is 3. The third kappa shape index (κ3) is 5.75. The Labute approximate surface area is 132 Å². The lowest BCUT2D eigenvalue weighted by atomic mass is 10.0. The Bertz CT molecular complexity index is 446. The molecular weight excluding hydrogens is 284 g/mol. The van der Waals surface area contributed by atoms with Gasteiger partial charge in [0, 0.05) is 27.7 Å². The minimum absolute atomic E-state index is 0.227. The molecule has 3 amide bonds. The number of guanidine groups is 1. The van der Waals surface area contributed by atoms with Crippen molar-refractivity contribution in [2.45, 2.75) is 25.7 Å². The number of hydrogen-bond donors (Lipinski definition) is 1. The quantitative estimate of drug-likeness (QED) is 0.481. The molecule has 0 saturated carbocycles. The number of ether oxygens (including phenoxy) is 1. The van der Waals surface area contributed by atoms with Gasteiger partial charge in [0.15, 0.2) is 0 Å². The second-order valence-electron chi connectivity index (χ2n) is 5.53. The van der Waals surface area contributed by atoms with E-state index >= 15 is 0 Å². The summed E-state index contributed by atoms with van der Waals surface area (Å²) >= 11 is 0. The number of allylic oxidation sites excluding steroid dienone is 2. The molecule has 124 valence electrons. The van der Waals surface area contributed by atoms with E-state index in [1.54, 1.807) is 19.0 Å². The number of aliphatic imine (C=N–C) groups is 1. The van der Waals surface area contributed by atoms with Crippen molar-refractivity contribution in [3.05, 3.63) is 12.2 Å². The fraction of sp³-hybridized carbons (Fsp3) is 0.667.